The predicted octanol–water partition coefficient (Wildman–Crippen LogP) is 2.77. The lowest BCUT2D eigenvalue weighted by atomic mass is 10.1. The largest absolute Gasteiger partial charge is 0.447 e. The number of benzene rings is 1. The van der Waals surface area contributed by atoms with Crippen LogP contribution in [0.2, 0.25) is 0 Å². The smallest absolute Gasteiger partial charge is 0.407 e. The summed E-state index contributed by atoms with van der Waals surface area (Å²) in [6, 6.07) is 9.30. The van der Waals surface area contributed by atoms with Gasteiger partial charge in [0.05, 0.1) is 24.4 Å². The van der Waals surface area contributed by atoms with Crippen LogP contribution in [-0.2, 0) is 34.8 Å². The average Bonchev–Trinajstić information content (AvgIpc) is 3.18. The van der Waals surface area contributed by atoms with Gasteiger partial charge in [-0.1, -0.05) is 44.2 Å². The first-order chi connectivity index (χ1) is 16.6. The summed E-state index contributed by atoms with van der Waals surface area (Å²) in [6.07, 6.45) is 0.944. The molecule has 0 unspecified atom stereocenters. The molecule has 0 aliphatic rings. The lowest BCUT2D eigenvalue weighted by molar-refractivity contribution is 0.115. The van der Waals surface area contributed by atoms with Crippen molar-refractivity contribution in [3.63, 3.8) is 0 Å². The fourth-order valence-corrected chi connectivity index (χ4v) is 4.92. The minimum Gasteiger partial charge on any atom is -0.447 e. The van der Waals surface area contributed by atoms with Crippen LogP contribution in [0, 0.1) is 0 Å². The molecule has 0 radical (unpaired) electrons. The number of carbonyl (C=O) groups excluding carboxylic acids is 1. The van der Waals surface area contributed by atoms with Gasteiger partial charge in [0.15, 0.2) is 5.82 Å². The Bertz CT molecular complexity index is 1010. The molecular formula is C24H40N6O4S. The Hall–Kier alpha value is -2.50. The SMILES string of the molecule is CCN(CC)CCCS(=O)(=O)N[C@H](CCc1ccccc1)c1nc(CNC(=O)OC(C)C)n(C)n1. The fourth-order valence-electron chi connectivity index (χ4n) is 3.64. The van der Waals surface area contributed by atoms with Crippen molar-refractivity contribution >= 4 is 16.1 Å². The molecule has 1 aromatic heterocycles. The summed E-state index contributed by atoms with van der Waals surface area (Å²) in [5.41, 5.74) is 1.10. The summed E-state index contributed by atoms with van der Waals surface area (Å²) >= 11 is 0. The normalized spacial score (nSPS) is 12.8. The third-order valence-electron chi connectivity index (χ3n) is 5.58. The highest BCUT2D eigenvalue weighted by Crippen LogP contribution is 2.19. The molecule has 1 aromatic carbocycles. The van der Waals surface area contributed by atoms with Crippen molar-refractivity contribution in [2.24, 2.45) is 7.05 Å². The van der Waals surface area contributed by atoms with Gasteiger partial charge in [-0.2, -0.15) is 5.10 Å². The van der Waals surface area contributed by atoms with Gasteiger partial charge >= 0.3 is 6.09 Å². The zero-order valence-electron chi connectivity index (χ0n) is 21.5. The Morgan fingerprint density at radius 2 is 1.86 bits per heavy atom. The summed E-state index contributed by atoms with van der Waals surface area (Å²) < 4.78 is 35.3. The van der Waals surface area contributed by atoms with Gasteiger partial charge in [0.25, 0.3) is 0 Å². The van der Waals surface area contributed by atoms with Crippen molar-refractivity contribution < 1.29 is 17.9 Å². The molecule has 10 nitrogen and oxygen atoms in total. The highest BCUT2D eigenvalue weighted by atomic mass is 32.2. The van der Waals surface area contributed by atoms with Crippen LogP contribution in [0.3, 0.4) is 0 Å². The van der Waals surface area contributed by atoms with Crippen LogP contribution < -0.4 is 10.0 Å². The minimum absolute atomic E-state index is 0.0353. The Morgan fingerprint density at radius 1 is 1.17 bits per heavy atom. The van der Waals surface area contributed by atoms with E-state index in [1.165, 1.54) is 0 Å². The molecular weight excluding hydrogens is 468 g/mol. The second-order valence-corrected chi connectivity index (χ2v) is 10.6. The molecule has 0 aliphatic heterocycles. The first-order valence-electron chi connectivity index (χ1n) is 12.2. The standard InChI is InChI=1S/C24H40N6O4S/c1-6-30(7-2)16-11-17-35(32,33)28-21(15-14-20-12-9-8-10-13-20)23-26-22(29(5)27-23)18-25-24(31)34-19(3)4/h8-10,12-13,19,21,28H,6-7,11,14-18H2,1-5H3,(H,25,31)/t21-/m1/s1. The van der Waals surface area contributed by atoms with Crippen molar-refractivity contribution in [3.8, 4) is 0 Å². The maximum absolute atomic E-state index is 12.9. The van der Waals surface area contributed by atoms with E-state index >= 15 is 0 Å². The molecule has 2 aromatic rings. The molecule has 0 bridgehead atoms. The quantitative estimate of drug-likeness (QED) is 0.380. The highest BCUT2D eigenvalue weighted by molar-refractivity contribution is 7.89. The van der Waals surface area contributed by atoms with Gasteiger partial charge in [-0.25, -0.2) is 22.9 Å². The van der Waals surface area contributed by atoms with Crippen molar-refractivity contribution in [3.05, 3.63) is 47.5 Å². The third-order valence-corrected chi connectivity index (χ3v) is 7.05. The van der Waals surface area contributed by atoms with Crippen molar-refractivity contribution in [2.75, 3.05) is 25.4 Å². The van der Waals surface area contributed by atoms with Gasteiger partial charge in [-0.05, 0) is 58.3 Å². The van der Waals surface area contributed by atoms with Crippen molar-refractivity contribution in [1.29, 1.82) is 0 Å². The number of sulfonamides is 1. The lowest BCUT2D eigenvalue weighted by Crippen LogP contribution is -2.33. The topological polar surface area (TPSA) is 118 Å². The molecule has 2 rings (SSSR count). The van der Waals surface area contributed by atoms with E-state index in [1.54, 1.807) is 25.6 Å². The van der Waals surface area contributed by atoms with Crippen LogP contribution in [0.1, 0.15) is 63.8 Å². The Labute approximate surface area is 209 Å². The van der Waals surface area contributed by atoms with Crippen LogP contribution in [0.25, 0.3) is 0 Å². The number of ether oxygens (including phenoxy) is 1. The van der Waals surface area contributed by atoms with E-state index in [0.717, 1.165) is 25.2 Å². The molecule has 35 heavy (non-hydrogen) atoms. The second kappa shape index (κ2) is 14.2. The number of carbonyl (C=O) groups is 1. The number of aromatic nitrogens is 3. The van der Waals surface area contributed by atoms with E-state index in [0.29, 0.717) is 30.9 Å². The van der Waals surface area contributed by atoms with Gasteiger partial charge in [-0.15, -0.1) is 0 Å². The van der Waals surface area contributed by atoms with Crippen LogP contribution in [0.4, 0.5) is 4.79 Å². The molecule has 1 atom stereocenters. The first kappa shape index (κ1) is 28.7. The summed E-state index contributed by atoms with van der Waals surface area (Å²) in [4.78, 5) is 18.6. The van der Waals surface area contributed by atoms with Gasteiger partial charge in [0, 0.05) is 7.05 Å². The van der Waals surface area contributed by atoms with E-state index in [-0.39, 0.29) is 18.4 Å². The maximum atomic E-state index is 12.9. The van der Waals surface area contributed by atoms with E-state index in [9.17, 15) is 13.2 Å². The van der Waals surface area contributed by atoms with Crippen LogP contribution in [0.15, 0.2) is 30.3 Å². The monoisotopic (exact) mass is 508 g/mol. The van der Waals surface area contributed by atoms with Crippen molar-refractivity contribution in [2.45, 2.75) is 65.6 Å². The van der Waals surface area contributed by atoms with Gasteiger partial charge in [-0.3, -0.25) is 4.68 Å². The highest BCUT2D eigenvalue weighted by Gasteiger charge is 2.24. The number of rotatable bonds is 15. The second-order valence-electron chi connectivity index (χ2n) is 8.71. The van der Waals surface area contributed by atoms with E-state index in [2.05, 4.69) is 38.9 Å². The van der Waals surface area contributed by atoms with Crippen LogP contribution in [0.5, 0.6) is 0 Å². The van der Waals surface area contributed by atoms with Crippen LogP contribution in [-0.4, -0.2) is 65.7 Å². The summed E-state index contributed by atoms with van der Waals surface area (Å²) in [5, 5.41) is 7.11. The molecule has 2 N–H and O–H groups in total. The molecule has 1 amide bonds. The molecule has 0 fully saturated rings. The summed E-state index contributed by atoms with van der Waals surface area (Å²) in [5.74, 6) is 0.920. The molecule has 0 saturated carbocycles. The Morgan fingerprint density at radius 3 is 2.49 bits per heavy atom. The minimum atomic E-state index is -3.54. The van der Waals surface area contributed by atoms with Crippen LogP contribution >= 0.6 is 0 Å². The summed E-state index contributed by atoms with van der Waals surface area (Å²) in [7, 11) is -1.83. The number of hydrogen-bond donors (Lipinski definition) is 2. The van der Waals surface area contributed by atoms with Crippen molar-refractivity contribution in [1.82, 2.24) is 29.7 Å². The van der Waals surface area contributed by atoms with E-state index in [4.69, 9.17) is 4.74 Å². The van der Waals surface area contributed by atoms with E-state index in [1.807, 2.05) is 30.3 Å². The average molecular weight is 509 g/mol. The molecule has 0 spiro atoms. The number of amides is 1. The zero-order valence-corrected chi connectivity index (χ0v) is 22.3. The van der Waals surface area contributed by atoms with Gasteiger partial charge in [0.1, 0.15) is 5.82 Å². The number of alkyl carbamates (subject to hydrolysis) is 1. The first-order valence-corrected chi connectivity index (χ1v) is 13.9. The zero-order chi connectivity index (χ0) is 25.8. The lowest BCUT2D eigenvalue weighted by Gasteiger charge is -2.19. The van der Waals surface area contributed by atoms with Gasteiger partial charge in [0.2, 0.25) is 10.0 Å². The molecule has 0 saturated heterocycles. The summed E-state index contributed by atoms with van der Waals surface area (Å²) in [6.45, 7) is 10.3. The van der Waals surface area contributed by atoms with Gasteiger partial charge < -0.3 is 15.0 Å². The molecule has 1 heterocycles. The predicted molar refractivity (Wildman–Crippen MR) is 136 cm³/mol. The molecule has 196 valence electrons. The third kappa shape index (κ3) is 10.3. The Kier molecular flexibility index (Phi) is 11.6. The molecule has 11 heteroatoms. The molecule has 0 aliphatic carbocycles. The number of nitrogens with zero attached hydrogens (tertiary/aromatic N) is 4. The fraction of sp³-hybridized carbons (Fsp3) is 0.625. The number of aryl methyl sites for hydroxylation is 2. The number of hydrogen-bond acceptors (Lipinski definition) is 7. The maximum Gasteiger partial charge on any atom is 0.407 e. The van der Waals surface area contributed by atoms with E-state index < -0.39 is 22.2 Å². The number of nitrogens with one attached hydrogen (secondary N) is 2. The Balaban J connectivity index is 2.12.